The van der Waals surface area contributed by atoms with E-state index in [0.29, 0.717) is 6.42 Å². The standard InChI is InChI=1S/C14H17N3O2/c1-3-4-13(14(18)19)11-5-10(6-15-7-11)12-8-16-17(2)9-12/h5-9,13H,3-4H2,1-2H3,(H,18,19). The average molecular weight is 259 g/mol. The number of aliphatic carboxylic acids is 1. The van der Waals surface area contributed by atoms with Crippen molar-refractivity contribution in [3.8, 4) is 11.1 Å². The van der Waals surface area contributed by atoms with Crippen LogP contribution in [0.5, 0.6) is 0 Å². The smallest absolute Gasteiger partial charge is 0.311 e. The Balaban J connectivity index is 2.35. The van der Waals surface area contributed by atoms with E-state index in [1.54, 1.807) is 23.3 Å². The zero-order valence-electron chi connectivity index (χ0n) is 11.1. The Bertz CT molecular complexity index is 578. The highest BCUT2D eigenvalue weighted by atomic mass is 16.4. The van der Waals surface area contributed by atoms with Crippen LogP contribution < -0.4 is 0 Å². The van der Waals surface area contributed by atoms with Gasteiger partial charge in [-0.05, 0) is 18.1 Å². The first-order valence-corrected chi connectivity index (χ1v) is 6.28. The van der Waals surface area contributed by atoms with Gasteiger partial charge in [-0.2, -0.15) is 5.10 Å². The highest BCUT2D eigenvalue weighted by molar-refractivity contribution is 5.76. The third-order valence-electron chi connectivity index (χ3n) is 3.08. The number of nitrogens with zero attached hydrogens (tertiary/aromatic N) is 3. The minimum atomic E-state index is -0.799. The number of hydrogen-bond acceptors (Lipinski definition) is 3. The third-order valence-corrected chi connectivity index (χ3v) is 3.08. The second-order valence-electron chi connectivity index (χ2n) is 4.59. The fourth-order valence-electron chi connectivity index (χ4n) is 2.10. The first-order chi connectivity index (χ1) is 9.11. The molecule has 1 N–H and O–H groups in total. The first kappa shape index (κ1) is 13.3. The van der Waals surface area contributed by atoms with Crippen molar-refractivity contribution >= 4 is 5.97 Å². The maximum Gasteiger partial charge on any atom is 0.311 e. The SMILES string of the molecule is CCCC(C(=O)O)c1cncc(-c2cnn(C)c2)c1. The van der Waals surface area contributed by atoms with Crippen molar-refractivity contribution in [1.82, 2.24) is 14.8 Å². The van der Waals surface area contributed by atoms with E-state index in [0.717, 1.165) is 23.1 Å². The minimum Gasteiger partial charge on any atom is -0.481 e. The van der Waals surface area contributed by atoms with Crippen molar-refractivity contribution in [3.63, 3.8) is 0 Å². The van der Waals surface area contributed by atoms with Gasteiger partial charge in [-0.1, -0.05) is 13.3 Å². The van der Waals surface area contributed by atoms with Gasteiger partial charge in [0.15, 0.2) is 0 Å². The van der Waals surface area contributed by atoms with Crippen LogP contribution in [0.25, 0.3) is 11.1 Å². The Labute approximate surface area is 111 Å². The summed E-state index contributed by atoms with van der Waals surface area (Å²) in [7, 11) is 1.85. The fourth-order valence-corrected chi connectivity index (χ4v) is 2.10. The molecule has 100 valence electrons. The third kappa shape index (κ3) is 2.99. The van der Waals surface area contributed by atoms with Crippen LogP contribution in [0.4, 0.5) is 0 Å². The van der Waals surface area contributed by atoms with Crippen LogP contribution in [0.1, 0.15) is 31.2 Å². The van der Waals surface area contributed by atoms with Gasteiger partial charge in [0.25, 0.3) is 0 Å². The monoisotopic (exact) mass is 259 g/mol. The lowest BCUT2D eigenvalue weighted by atomic mass is 9.94. The molecule has 0 saturated heterocycles. The molecule has 19 heavy (non-hydrogen) atoms. The Morgan fingerprint density at radius 2 is 2.16 bits per heavy atom. The van der Waals surface area contributed by atoms with Crippen molar-refractivity contribution in [2.45, 2.75) is 25.7 Å². The summed E-state index contributed by atoms with van der Waals surface area (Å²) >= 11 is 0. The summed E-state index contributed by atoms with van der Waals surface area (Å²) in [6.07, 6.45) is 8.44. The largest absolute Gasteiger partial charge is 0.481 e. The first-order valence-electron chi connectivity index (χ1n) is 6.28. The second kappa shape index (κ2) is 5.65. The lowest BCUT2D eigenvalue weighted by Gasteiger charge is -2.11. The molecule has 0 saturated carbocycles. The normalized spacial score (nSPS) is 12.3. The van der Waals surface area contributed by atoms with Crippen LogP contribution in [0, 0.1) is 0 Å². The number of carboxylic acid groups (broad SMARTS) is 1. The molecule has 0 aliphatic carbocycles. The molecule has 0 amide bonds. The molecular weight excluding hydrogens is 242 g/mol. The molecule has 5 nitrogen and oxygen atoms in total. The van der Waals surface area contributed by atoms with Crippen LogP contribution >= 0.6 is 0 Å². The molecule has 0 radical (unpaired) electrons. The van der Waals surface area contributed by atoms with Crippen molar-refractivity contribution in [2.75, 3.05) is 0 Å². The van der Waals surface area contributed by atoms with Crippen LogP contribution in [0.3, 0.4) is 0 Å². The number of rotatable bonds is 5. The second-order valence-corrected chi connectivity index (χ2v) is 4.59. The van der Waals surface area contributed by atoms with Gasteiger partial charge in [-0.25, -0.2) is 0 Å². The molecule has 2 heterocycles. The molecular formula is C14H17N3O2. The average Bonchev–Trinajstić information content (AvgIpc) is 2.82. The molecule has 1 atom stereocenters. The summed E-state index contributed by atoms with van der Waals surface area (Å²) in [5.41, 5.74) is 2.58. The number of pyridine rings is 1. The predicted molar refractivity (Wildman–Crippen MR) is 71.7 cm³/mol. The van der Waals surface area contributed by atoms with E-state index in [2.05, 4.69) is 10.1 Å². The van der Waals surface area contributed by atoms with Crippen molar-refractivity contribution in [3.05, 3.63) is 36.4 Å². The molecule has 5 heteroatoms. The predicted octanol–water partition coefficient (Wildman–Crippen LogP) is 2.45. The molecule has 0 bridgehead atoms. The summed E-state index contributed by atoms with van der Waals surface area (Å²) in [4.78, 5) is 15.5. The number of aromatic nitrogens is 3. The molecule has 2 aromatic heterocycles. The van der Waals surface area contributed by atoms with Crippen LogP contribution in [0.2, 0.25) is 0 Å². The summed E-state index contributed by atoms with van der Waals surface area (Å²) in [5, 5.41) is 13.4. The summed E-state index contributed by atoms with van der Waals surface area (Å²) in [6, 6.07) is 1.89. The van der Waals surface area contributed by atoms with Crippen molar-refractivity contribution in [2.24, 2.45) is 7.05 Å². The number of hydrogen-bond donors (Lipinski definition) is 1. The van der Waals surface area contributed by atoms with E-state index >= 15 is 0 Å². The maximum absolute atomic E-state index is 11.3. The molecule has 0 fully saturated rings. The highest BCUT2D eigenvalue weighted by Crippen LogP contribution is 2.25. The number of aryl methyl sites for hydroxylation is 1. The van der Waals surface area contributed by atoms with E-state index in [9.17, 15) is 9.90 Å². The van der Waals surface area contributed by atoms with E-state index in [1.807, 2.05) is 26.2 Å². The van der Waals surface area contributed by atoms with E-state index in [4.69, 9.17) is 0 Å². The maximum atomic E-state index is 11.3. The van der Waals surface area contributed by atoms with Gasteiger partial charge in [-0.15, -0.1) is 0 Å². The van der Waals surface area contributed by atoms with Crippen LogP contribution in [-0.2, 0) is 11.8 Å². The van der Waals surface area contributed by atoms with Gasteiger partial charge in [0, 0.05) is 36.8 Å². The molecule has 0 spiro atoms. The summed E-state index contributed by atoms with van der Waals surface area (Å²) < 4.78 is 1.71. The zero-order chi connectivity index (χ0) is 13.8. The summed E-state index contributed by atoms with van der Waals surface area (Å²) in [6.45, 7) is 1.98. The van der Waals surface area contributed by atoms with Crippen molar-refractivity contribution < 1.29 is 9.90 Å². The van der Waals surface area contributed by atoms with Gasteiger partial charge in [0.1, 0.15) is 0 Å². The fraction of sp³-hybridized carbons (Fsp3) is 0.357. The molecule has 0 aliphatic heterocycles. The van der Waals surface area contributed by atoms with Gasteiger partial charge in [-0.3, -0.25) is 14.5 Å². The van der Waals surface area contributed by atoms with Crippen molar-refractivity contribution in [1.29, 1.82) is 0 Å². The minimum absolute atomic E-state index is 0.492. The zero-order valence-corrected chi connectivity index (χ0v) is 11.1. The van der Waals surface area contributed by atoms with Crippen LogP contribution in [-0.4, -0.2) is 25.8 Å². The quantitative estimate of drug-likeness (QED) is 0.895. The van der Waals surface area contributed by atoms with E-state index in [1.165, 1.54) is 0 Å². The lowest BCUT2D eigenvalue weighted by molar-refractivity contribution is -0.139. The molecule has 0 aliphatic rings. The van der Waals surface area contributed by atoms with Gasteiger partial charge >= 0.3 is 5.97 Å². The lowest BCUT2D eigenvalue weighted by Crippen LogP contribution is -2.11. The molecule has 0 aromatic carbocycles. The molecule has 2 aromatic rings. The van der Waals surface area contributed by atoms with Gasteiger partial charge < -0.3 is 5.11 Å². The Kier molecular flexibility index (Phi) is 3.94. The molecule has 2 rings (SSSR count). The van der Waals surface area contributed by atoms with Crippen LogP contribution in [0.15, 0.2) is 30.9 Å². The number of carboxylic acids is 1. The Morgan fingerprint density at radius 3 is 2.74 bits per heavy atom. The topological polar surface area (TPSA) is 68.0 Å². The Hall–Kier alpha value is -2.17. The number of carbonyl (C=O) groups is 1. The Morgan fingerprint density at radius 1 is 1.37 bits per heavy atom. The van der Waals surface area contributed by atoms with Gasteiger partial charge in [0.05, 0.1) is 12.1 Å². The van der Waals surface area contributed by atoms with E-state index < -0.39 is 11.9 Å². The van der Waals surface area contributed by atoms with E-state index in [-0.39, 0.29) is 0 Å². The molecule has 1 unspecified atom stereocenters. The highest BCUT2D eigenvalue weighted by Gasteiger charge is 2.19. The summed E-state index contributed by atoms with van der Waals surface area (Å²) in [5.74, 6) is -1.29. The van der Waals surface area contributed by atoms with Gasteiger partial charge in [0.2, 0.25) is 0 Å².